The fourth-order valence-corrected chi connectivity index (χ4v) is 4.12. The lowest BCUT2D eigenvalue weighted by molar-refractivity contribution is -0.0167. The molecule has 1 rings (SSSR count). The van der Waals surface area contributed by atoms with E-state index in [4.69, 9.17) is 17.7 Å². The Morgan fingerprint density at radius 2 is 1.09 bits per heavy atom. The molecule has 0 atom stereocenters. The van der Waals surface area contributed by atoms with Gasteiger partial charge in [-0.05, 0) is 29.9 Å². The summed E-state index contributed by atoms with van der Waals surface area (Å²) in [5.41, 5.74) is 0. The van der Waals surface area contributed by atoms with Crippen LogP contribution in [0.1, 0.15) is 41.5 Å². The SMILES string of the molecule is CC(C)CO[Si](OCC(C)C)(OCC(C)C)Oc1ccccc1. The monoisotopic (exact) mass is 340 g/mol. The van der Waals surface area contributed by atoms with Crippen molar-refractivity contribution in [3.05, 3.63) is 30.3 Å². The largest absolute Gasteiger partial charge is 0.749 e. The van der Waals surface area contributed by atoms with Crippen LogP contribution in [-0.2, 0) is 13.3 Å². The van der Waals surface area contributed by atoms with Crippen molar-refractivity contribution in [1.82, 2.24) is 0 Å². The molecule has 0 spiro atoms. The maximum absolute atomic E-state index is 6.13. The van der Waals surface area contributed by atoms with E-state index in [0.717, 1.165) is 5.75 Å². The summed E-state index contributed by atoms with van der Waals surface area (Å²) in [5.74, 6) is 1.86. The lowest BCUT2D eigenvalue weighted by Crippen LogP contribution is -2.54. The number of benzene rings is 1. The molecule has 0 aliphatic carbocycles. The third kappa shape index (κ3) is 8.51. The smallest absolute Gasteiger partial charge is 0.480 e. The molecule has 0 saturated carbocycles. The van der Waals surface area contributed by atoms with Crippen LogP contribution in [0.3, 0.4) is 0 Å². The van der Waals surface area contributed by atoms with Gasteiger partial charge in [-0.2, -0.15) is 0 Å². The number of para-hydroxylation sites is 1. The summed E-state index contributed by atoms with van der Waals surface area (Å²) < 4.78 is 24.3. The highest BCUT2D eigenvalue weighted by atomic mass is 28.4. The predicted molar refractivity (Wildman–Crippen MR) is 95.2 cm³/mol. The molecule has 0 radical (unpaired) electrons. The van der Waals surface area contributed by atoms with Gasteiger partial charge >= 0.3 is 9.05 Å². The Balaban J connectivity index is 2.93. The van der Waals surface area contributed by atoms with Gasteiger partial charge in [-0.3, -0.25) is 0 Å². The highest BCUT2D eigenvalue weighted by Gasteiger charge is 2.49. The maximum Gasteiger partial charge on any atom is 0.749 e. The molecule has 0 aromatic heterocycles. The fraction of sp³-hybridized carbons (Fsp3) is 0.667. The van der Waals surface area contributed by atoms with Gasteiger partial charge in [0.2, 0.25) is 0 Å². The van der Waals surface area contributed by atoms with E-state index in [9.17, 15) is 0 Å². The van der Waals surface area contributed by atoms with Gasteiger partial charge in [-0.15, -0.1) is 0 Å². The lowest BCUT2D eigenvalue weighted by Gasteiger charge is -2.30. The minimum absolute atomic E-state index is 0.381. The first-order valence-electron chi connectivity index (χ1n) is 8.49. The number of hydrogen-bond donors (Lipinski definition) is 0. The molecular formula is C18H32O4Si. The fourth-order valence-electron chi connectivity index (χ4n) is 1.65. The lowest BCUT2D eigenvalue weighted by atomic mass is 10.2. The zero-order valence-corrected chi connectivity index (χ0v) is 16.4. The molecule has 5 heteroatoms. The Morgan fingerprint density at radius 1 is 0.696 bits per heavy atom. The van der Waals surface area contributed by atoms with E-state index < -0.39 is 9.05 Å². The van der Waals surface area contributed by atoms with Crippen molar-refractivity contribution in [1.29, 1.82) is 0 Å². The molecular weight excluding hydrogens is 308 g/mol. The second-order valence-corrected chi connectivity index (χ2v) is 9.10. The molecule has 0 bridgehead atoms. The second-order valence-electron chi connectivity index (χ2n) is 7.03. The van der Waals surface area contributed by atoms with E-state index in [1.54, 1.807) is 0 Å². The second kappa shape index (κ2) is 10.1. The zero-order chi connectivity index (χ0) is 17.3. The number of rotatable bonds is 11. The average molecular weight is 341 g/mol. The molecule has 0 saturated heterocycles. The molecule has 0 heterocycles. The van der Waals surface area contributed by atoms with Crippen LogP contribution in [0.25, 0.3) is 0 Å². The minimum Gasteiger partial charge on any atom is -0.480 e. The Labute approximate surface area is 142 Å². The van der Waals surface area contributed by atoms with E-state index in [0.29, 0.717) is 37.6 Å². The predicted octanol–water partition coefficient (Wildman–Crippen LogP) is 4.52. The first-order valence-corrected chi connectivity index (χ1v) is 10.1. The van der Waals surface area contributed by atoms with Gasteiger partial charge in [-0.25, -0.2) is 0 Å². The van der Waals surface area contributed by atoms with Gasteiger partial charge in [0, 0.05) is 19.8 Å². The Kier molecular flexibility index (Phi) is 8.84. The third-order valence-corrected chi connectivity index (χ3v) is 4.81. The molecule has 1 aromatic rings. The van der Waals surface area contributed by atoms with Crippen molar-refractivity contribution in [3.63, 3.8) is 0 Å². The van der Waals surface area contributed by atoms with Crippen molar-refractivity contribution < 1.29 is 17.7 Å². The van der Waals surface area contributed by atoms with Gasteiger partial charge in [0.25, 0.3) is 0 Å². The van der Waals surface area contributed by atoms with Gasteiger partial charge in [-0.1, -0.05) is 59.7 Å². The van der Waals surface area contributed by atoms with Crippen molar-refractivity contribution in [2.45, 2.75) is 41.5 Å². The van der Waals surface area contributed by atoms with Gasteiger partial charge < -0.3 is 17.7 Å². The molecule has 0 fully saturated rings. The Hall–Kier alpha value is -0.883. The van der Waals surface area contributed by atoms with Gasteiger partial charge in [0.15, 0.2) is 0 Å². The highest BCUT2D eigenvalue weighted by Crippen LogP contribution is 2.21. The normalized spacial score (nSPS) is 12.4. The van der Waals surface area contributed by atoms with E-state index in [1.807, 2.05) is 30.3 Å². The standard InChI is InChI=1S/C18H32O4Si/c1-15(2)12-19-23(20-13-16(3)4,21-14-17(5)6)22-18-10-8-7-9-11-18/h7-11,15-17H,12-14H2,1-6H3. The zero-order valence-electron chi connectivity index (χ0n) is 15.4. The summed E-state index contributed by atoms with van der Waals surface area (Å²) in [7, 11) is -3.22. The minimum atomic E-state index is -3.22. The van der Waals surface area contributed by atoms with E-state index in [2.05, 4.69) is 41.5 Å². The van der Waals surface area contributed by atoms with Crippen molar-refractivity contribution >= 4 is 9.05 Å². The van der Waals surface area contributed by atoms with Crippen LogP contribution in [0.5, 0.6) is 5.75 Å². The topological polar surface area (TPSA) is 36.9 Å². The highest BCUT2D eigenvalue weighted by molar-refractivity contribution is 6.54. The summed E-state index contributed by atoms with van der Waals surface area (Å²) in [4.78, 5) is 0. The van der Waals surface area contributed by atoms with Crippen LogP contribution in [0.2, 0.25) is 0 Å². The van der Waals surface area contributed by atoms with Crippen molar-refractivity contribution in [3.8, 4) is 5.75 Å². The first kappa shape index (κ1) is 20.2. The molecule has 0 unspecified atom stereocenters. The van der Waals surface area contributed by atoms with E-state index >= 15 is 0 Å². The molecule has 4 nitrogen and oxygen atoms in total. The Morgan fingerprint density at radius 3 is 1.43 bits per heavy atom. The summed E-state index contributed by atoms with van der Waals surface area (Å²) >= 11 is 0. The summed E-state index contributed by atoms with van der Waals surface area (Å²) in [6.07, 6.45) is 0. The Bertz CT molecular complexity index is 389. The maximum atomic E-state index is 6.13. The van der Waals surface area contributed by atoms with Crippen LogP contribution in [-0.4, -0.2) is 28.9 Å². The summed E-state index contributed by atoms with van der Waals surface area (Å²) in [6, 6.07) is 9.62. The molecule has 0 aliphatic rings. The third-order valence-electron chi connectivity index (χ3n) is 2.77. The molecule has 0 N–H and O–H groups in total. The van der Waals surface area contributed by atoms with Crippen LogP contribution >= 0.6 is 0 Å². The van der Waals surface area contributed by atoms with Crippen LogP contribution in [0, 0.1) is 17.8 Å². The van der Waals surface area contributed by atoms with Gasteiger partial charge in [0.05, 0.1) is 0 Å². The molecule has 23 heavy (non-hydrogen) atoms. The quantitative estimate of drug-likeness (QED) is 0.555. The van der Waals surface area contributed by atoms with Crippen LogP contribution in [0.15, 0.2) is 30.3 Å². The molecule has 0 amide bonds. The molecule has 132 valence electrons. The van der Waals surface area contributed by atoms with Gasteiger partial charge in [0.1, 0.15) is 5.75 Å². The van der Waals surface area contributed by atoms with Crippen molar-refractivity contribution in [2.75, 3.05) is 19.8 Å². The first-order chi connectivity index (χ1) is 10.8. The molecule has 0 aliphatic heterocycles. The van der Waals surface area contributed by atoms with Crippen LogP contribution < -0.4 is 4.43 Å². The average Bonchev–Trinajstić information content (AvgIpc) is 2.49. The van der Waals surface area contributed by atoms with E-state index in [-0.39, 0.29) is 0 Å². The summed E-state index contributed by atoms with van der Waals surface area (Å²) in [6.45, 7) is 14.3. The number of hydrogen-bond acceptors (Lipinski definition) is 4. The molecule has 1 aromatic carbocycles. The van der Waals surface area contributed by atoms with Crippen molar-refractivity contribution in [2.24, 2.45) is 17.8 Å². The summed E-state index contributed by atoms with van der Waals surface area (Å²) in [5, 5.41) is 0. The van der Waals surface area contributed by atoms with Crippen LogP contribution in [0.4, 0.5) is 0 Å². The van der Waals surface area contributed by atoms with E-state index in [1.165, 1.54) is 0 Å².